The number of benzene rings is 2. The average Bonchev–Trinajstić information content (AvgIpc) is 2.64. The highest BCUT2D eigenvalue weighted by Crippen LogP contribution is 2.21. The predicted octanol–water partition coefficient (Wildman–Crippen LogP) is 2.20. The molecule has 8 heteroatoms. The number of carbonyl (C=O) groups is 2. The van der Waals surface area contributed by atoms with Crippen molar-refractivity contribution in [1.29, 1.82) is 0 Å². The number of aryl methyl sites for hydroxylation is 1. The Morgan fingerprint density at radius 2 is 1.67 bits per heavy atom. The number of rotatable bonds is 8. The van der Waals surface area contributed by atoms with Crippen LogP contribution in [-0.2, 0) is 19.6 Å². The lowest BCUT2D eigenvalue weighted by Gasteiger charge is -2.23. The molecule has 2 rings (SSSR count). The molecule has 144 valence electrons. The van der Waals surface area contributed by atoms with E-state index in [9.17, 15) is 18.0 Å². The Kier molecular flexibility index (Phi) is 6.57. The van der Waals surface area contributed by atoms with Gasteiger partial charge in [-0.15, -0.1) is 0 Å². The van der Waals surface area contributed by atoms with Gasteiger partial charge in [0.05, 0.1) is 19.1 Å². The molecule has 0 bridgehead atoms. The number of esters is 1. The Bertz CT molecular complexity index is 921. The third-order valence-electron chi connectivity index (χ3n) is 3.83. The maximum Gasteiger partial charge on any atom is 0.327 e. The first kappa shape index (κ1) is 20.4. The van der Waals surface area contributed by atoms with Crippen molar-refractivity contribution >= 4 is 27.5 Å². The maximum absolute atomic E-state index is 12.1. The van der Waals surface area contributed by atoms with Crippen LogP contribution in [0.3, 0.4) is 0 Å². The molecule has 27 heavy (non-hydrogen) atoms. The second kappa shape index (κ2) is 8.68. The summed E-state index contributed by atoms with van der Waals surface area (Å²) in [5, 5.41) is 0. The van der Waals surface area contributed by atoms with Crippen molar-refractivity contribution in [3.8, 4) is 5.75 Å². The molecule has 0 heterocycles. The summed E-state index contributed by atoms with van der Waals surface area (Å²) in [4.78, 5) is 24.2. The summed E-state index contributed by atoms with van der Waals surface area (Å²) >= 11 is 0. The first-order valence-electron chi connectivity index (χ1n) is 8.08. The molecule has 0 saturated carbocycles. The van der Waals surface area contributed by atoms with Gasteiger partial charge in [0, 0.05) is 5.56 Å². The molecule has 0 fully saturated rings. The number of methoxy groups -OCH3 is 1. The standard InChI is InChI=1S/C19H21NO6S/c1-14-6-4-5-7-17(14)20(27(3,23)24)12-19(22)26-13-18(21)15-8-10-16(25-2)11-9-15/h4-11H,12-13H2,1-3H3. The van der Waals surface area contributed by atoms with Crippen molar-refractivity contribution in [2.45, 2.75) is 6.92 Å². The van der Waals surface area contributed by atoms with Gasteiger partial charge >= 0.3 is 5.97 Å². The van der Waals surface area contributed by atoms with Gasteiger partial charge in [0.1, 0.15) is 12.3 Å². The van der Waals surface area contributed by atoms with Crippen LogP contribution in [0.15, 0.2) is 48.5 Å². The molecule has 0 aromatic heterocycles. The molecular weight excluding hydrogens is 370 g/mol. The van der Waals surface area contributed by atoms with Crippen LogP contribution in [0.1, 0.15) is 15.9 Å². The van der Waals surface area contributed by atoms with E-state index >= 15 is 0 Å². The summed E-state index contributed by atoms with van der Waals surface area (Å²) in [6.45, 7) is 0.752. The molecule has 0 N–H and O–H groups in total. The molecule has 0 aliphatic rings. The van der Waals surface area contributed by atoms with Crippen LogP contribution in [0.25, 0.3) is 0 Å². The SMILES string of the molecule is COc1ccc(C(=O)COC(=O)CN(c2ccccc2C)S(C)(=O)=O)cc1. The van der Waals surface area contributed by atoms with E-state index in [4.69, 9.17) is 9.47 Å². The van der Waals surface area contributed by atoms with Gasteiger partial charge in [-0.05, 0) is 42.8 Å². The summed E-state index contributed by atoms with van der Waals surface area (Å²) < 4.78 is 35.1. The molecule has 2 aromatic rings. The number of sulfonamides is 1. The van der Waals surface area contributed by atoms with Gasteiger partial charge in [0.25, 0.3) is 0 Å². The summed E-state index contributed by atoms with van der Waals surface area (Å²) in [7, 11) is -2.19. The van der Waals surface area contributed by atoms with Crippen molar-refractivity contribution < 1.29 is 27.5 Å². The molecule has 0 amide bonds. The number of hydrogen-bond acceptors (Lipinski definition) is 6. The molecule has 0 spiro atoms. The minimum atomic E-state index is -3.70. The van der Waals surface area contributed by atoms with E-state index in [0.717, 1.165) is 10.6 Å². The number of ether oxygens (including phenoxy) is 2. The van der Waals surface area contributed by atoms with Gasteiger partial charge in [0.15, 0.2) is 12.4 Å². The molecule has 0 aliphatic carbocycles. The second-order valence-corrected chi connectivity index (χ2v) is 7.78. The minimum absolute atomic E-state index is 0.363. The third-order valence-corrected chi connectivity index (χ3v) is 4.96. The van der Waals surface area contributed by atoms with E-state index in [-0.39, 0.29) is 0 Å². The Morgan fingerprint density at radius 1 is 1.04 bits per heavy atom. The highest BCUT2D eigenvalue weighted by atomic mass is 32.2. The lowest BCUT2D eigenvalue weighted by atomic mass is 10.1. The highest BCUT2D eigenvalue weighted by Gasteiger charge is 2.23. The van der Waals surface area contributed by atoms with Crippen molar-refractivity contribution in [2.75, 3.05) is 30.8 Å². The summed E-state index contributed by atoms with van der Waals surface area (Å²) in [6, 6.07) is 13.2. The molecule has 7 nitrogen and oxygen atoms in total. The van der Waals surface area contributed by atoms with Crippen LogP contribution in [-0.4, -0.2) is 46.7 Å². The predicted molar refractivity (Wildman–Crippen MR) is 102 cm³/mol. The van der Waals surface area contributed by atoms with Crippen LogP contribution in [0.4, 0.5) is 5.69 Å². The summed E-state index contributed by atoms with van der Waals surface area (Å²) in [6.07, 6.45) is 1.01. The van der Waals surface area contributed by atoms with Gasteiger partial charge < -0.3 is 9.47 Å². The summed E-state index contributed by atoms with van der Waals surface area (Å²) in [5.41, 5.74) is 1.45. The Hall–Kier alpha value is -2.87. The topological polar surface area (TPSA) is 90.0 Å². The van der Waals surface area contributed by atoms with Gasteiger partial charge in [-0.3, -0.25) is 13.9 Å². The Balaban J connectivity index is 2.03. The third kappa shape index (κ3) is 5.55. The number of nitrogens with zero attached hydrogens (tertiary/aromatic N) is 1. The smallest absolute Gasteiger partial charge is 0.327 e. The maximum atomic E-state index is 12.1. The zero-order chi connectivity index (χ0) is 20.0. The van der Waals surface area contributed by atoms with Crippen molar-refractivity contribution in [3.05, 3.63) is 59.7 Å². The molecule has 0 radical (unpaired) electrons. The fraction of sp³-hybridized carbons (Fsp3) is 0.263. The normalized spacial score (nSPS) is 10.9. The second-order valence-electron chi connectivity index (χ2n) is 5.87. The molecule has 0 atom stereocenters. The van der Waals surface area contributed by atoms with Gasteiger partial charge in [0.2, 0.25) is 10.0 Å². The fourth-order valence-corrected chi connectivity index (χ4v) is 3.30. The largest absolute Gasteiger partial charge is 0.497 e. The first-order valence-corrected chi connectivity index (χ1v) is 9.93. The van der Waals surface area contributed by atoms with Crippen molar-refractivity contribution in [1.82, 2.24) is 0 Å². The van der Waals surface area contributed by atoms with Crippen LogP contribution in [0.2, 0.25) is 0 Å². The Morgan fingerprint density at radius 3 is 2.22 bits per heavy atom. The number of carbonyl (C=O) groups excluding carboxylic acids is 2. The quantitative estimate of drug-likeness (QED) is 0.506. The minimum Gasteiger partial charge on any atom is -0.497 e. The summed E-state index contributed by atoms with van der Waals surface area (Å²) in [5.74, 6) is -0.607. The number of hydrogen-bond donors (Lipinski definition) is 0. The van der Waals surface area contributed by atoms with Crippen molar-refractivity contribution in [3.63, 3.8) is 0 Å². The lowest BCUT2D eigenvalue weighted by Crippen LogP contribution is -2.36. The van der Waals surface area contributed by atoms with Crippen LogP contribution in [0.5, 0.6) is 5.75 Å². The van der Waals surface area contributed by atoms with E-state index in [2.05, 4.69) is 0 Å². The van der Waals surface area contributed by atoms with Crippen LogP contribution < -0.4 is 9.04 Å². The molecule has 0 unspecified atom stereocenters. The Labute approximate surface area is 158 Å². The fourth-order valence-electron chi connectivity index (χ4n) is 2.39. The van der Waals surface area contributed by atoms with E-state index in [1.54, 1.807) is 55.5 Å². The zero-order valence-corrected chi connectivity index (χ0v) is 16.2. The number of anilines is 1. The van der Waals surface area contributed by atoms with E-state index in [1.807, 2.05) is 0 Å². The molecule has 2 aromatic carbocycles. The van der Waals surface area contributed by atoms with E-state index in [0.29, 0.717) is 22.6 Å². The number of para-hydroxylation sites is 1. The lowest BCUT2D eigenvalue weighted by molar-refractivity contribution is -0.140. The van der Waals surface area contributed by atoms with Crippen LogP contribution >= 0.6 is 0 Å². The van der Waals surface area contributed by atoms with Gasteiger partial charge in [-0.1, -0.05) is 18.2 Å². The zero-order valence-electron chi connectivity index (χ0n) is 15.3. The van der Waals surface area contributed by atoms with Crippen molar-refractivity contribution in [2.24, 2.45) is 0 Å². The number of Topliss-reactive ketones (excluding diaryl/α,β-unsaturated/α-hetero) is 1. The van der Waals surface area contributed by atoms with Gasteiger partial charge in [-0.2, -0.15) is 0 Å². The monoisotopic (exact) mass is 391 g/mol. The first-order chi connectivity index (χ1) is 12.7. The van der Waals surface area contributed by atoms with E-state index in [1.165, 1.54) is 7.11 Å². The van der Waals surface area contributed by atoms with E-state index < -0.39 is 34.9 Å². The van der Waals surface area contributed by atoms with Gasteiger partial charge in [-0.25, -0.2) is 8.42 Å². The van der Waals surface area contributed by atoms with Crippen LogP contribution in [0, 0.1) is 6.92 Å². The molecular formula is C19H21NO6S. The molecule has 0 aliphatic heterocycles. The molecule has 0 saturated heterocycles. The number of ketones is 1. The average molecular weight is 391 g/mol. The highest BCUT2D eigenvalue weighted by molar-refractivity contribution is 7.92.